The maximum Gasteiger partial charge on any atom is 1.00 e. The van der Waals surface area contributed by atoms with Gasteiger partial charge in [-0.3, -0.25) is 9.59 Å². The molecule has 0 aromatic carbocycles. The maximum atomic E-state index is 12.0. The fourth-order valence-corrected chi connectivity index (χ4v) is 4.82. The van der Waals surface area contributed by atoms with Crippen LogP contribution in [0.2, 0.25) is 0 Å². The number of rotatable bonds is 3. The van der Waals surface area contributed by atoms with Gasteiger partial charge in [0, 0.05) is 7.11 Å². The summed E-state index contributed by atoms with van der Waals surface area (Å²) in [7, 11) is -9.83. The molecule has 0 aliphatic carbocycles. The van der Waals surface area contributed by atoms with E-state index in [-0.39, 0.29) is 121 Å². The van der Waals surface area contributed by atoms with E-state index in [0.29, 0.717) is 12.8 Å². The number of ether oxygens (including phenoxy) is 5. The Morgan fingerprint density at radius 2 is 1.17 bits per heavy atom. The van der Waals surface area contributed by atoms with Crippen molar-refractivity contribution in [2.75, 3.05) is 20.5 Å². The van der Waals surface area contributed by atoms with Crippen molar-refractivity contribution in [3.05, 3.63) is 0 Å². The minimum Gasteiger partial charge on any atom is -0.722 e. The summed E-state index contributed by atoms with van der Waals surface area (Å²) >= 11 is 0. The van der Waals surface area contributed by atoms with Crippen LogP contribution in [0.5, 0.6) is 0 Å². The molecule has 6 aliphatic rings. The number of carboxylic acid groups (broad SMARTS) is 1. The van der Waals surface area contributed by atoms with E-state index in [1.54, 1.807) is 0 Å². The van der Waals surface area contributed by atoms with Crippen LogP contribution in [0.15, 0.2) is 0 Å². The number of fused-ring (bicyclic) bond motifs is 2. The van der Waals surface area contributed by atoms with E-state index >= 15 is 0 Å². The number of aliphatic carboxylic acids is 1. The zero-order valence-corrected chi connectivity index (χ0v) is 29.0. The summed E-state index contributed by atoms with van der Waals surface area (Å²) in [6.07, 6.45) is -1.88. The van der Waals surface area contributed by atoms with E-state index in [2.05, 4.69) is 0 Å². The number of carboxylic acids is 1. The molecule has 3 N–H and O–H groups in total. The zero-order valence-electron chi connectivity index (χ0n) is 23.4. The predicted octanol–water partition coefficient (Wildman–Crippen LogP) is -8.23. The standard InChI is InChI=1S/C9H9FO5.C7H8O4.C2H3FO2.CH4O.CH4.2FHO3S.2Na/c10-2-5(11)14-7-4-1-3-6(13-4)8(7)15-9(3)12;8-4-3-1-2-5(10-3)6(4)11-7(2)9;3-1-2(4)5;1-2;;2*1-5(2,3)4;;/h3-4,6-8H,1-2H2;2-6,8H,1H2;1H2,(H,4,5);2H,1H3;1H4;2*(H,2,3,4);;/q;;;;;;;2*+1/p-2. The summed E-state index contributed by atoms with van der Waals surface area (Å²) < 4.78 is 119. The Hall–Kier alpha value is -0.740. The van der Waals surface area contributed by atoms with E-state index < -0.39 is 64.6 Å². The summed E-state index contributed by atoms with van der Waals surface area (Å²) in [4.78, 5) is 42.1. The van der Waals surface area contributed by atoms with Crippen molar-refractivity contribution in [1.82, 2.24) is 0 Å². The molecule has 0 aromatic heterocycles. The second kappa shape index (κ2) is 21.4. The first-order valence-electron chi connectivity index (χ1n) is 11.4. The van der Waals surface area contributed by atoms with Crippen molar-refractivity contribution in [3.8, 4) is 0 Å². The normalized spacial score (nSPS) is 32.4. The molecule has 258 valence electrons. The molecular weight excluding hydrogens is 714 g/mol. The van der Waals surface area contributed by atoms with Crippen LogP contribution < -0.4 is 59.1 Å². The minimum atomic E-state index is -5.42. The largest absolute Gasteiger partial charge is 1.00 e. The zero-order chi connectivity index (χ0) is 33.4. The molecule has 4 bridgehead atoms. The third-order valence-corrected chi connectivity index (χ3v) is 6.09. The van der Waals surface area contributed by atoms with Gasteiger partial charge in [-0.25, -0.2) is 35.2 Å². The third-order valence-electron chi connectivity index (χ3n) is 6.09. The quantitative estimate of drug-likeness (QED) is 0.0604. The molecule has 46 heavy (non-hydrogen) atoms. The first-order valence-corrected chi connectivity index (χ1v) is 14.1. The van der Waals surface area contributed by atoms with E-state index in [0.717, 1.165) is 7.11 Å². The second-order valence-corrected chi connectivity index (χ2v) is 10.2. The molecule has 18 nitrogen and oxygen atoms in total. The molecular formula is C20H28F4Na2O18S2. The van der Waals surface area contributed by atoms with Gasteiger partial charge in [0.05, 0.1) is 24.0 Å². The van der Waals surface area contributed by atoms with E-state index in [1.807, 2.05) is 0 Å². The van der Waals surface area contributed by atoms with Crippen LogP contribution in [0, 0.1) is 11.8 Å². The Kier molecular flexibility index (Phi) is 23.1. The van der Waals surface area contributed by atoms with Crippen molar-refractivity contribution < 1.29 is 160 Å². The van der Waals surface area contributed by atoms with Gasteiger partial charge in [0.1, 0.15) is 18.3 Å². The van der Waals surface area contributed by atoms with Crippen molar-refractivity contribution in [2.24, 2.45) is 11.8 Å². The summed E-state index contributed by atoms with van der Waals surface area (Å²) in [5.41, 5.74) is 0. The van der Waals surface area contributed by atoms with Crippen LogP contribution in [-0.2, 0) is 63.9 Å². The number of alkyl halides is 2. The number of carbonyl (C=O) groups is 4. The molecule has 26 heteroatoms. The Morgan fingerprint density at radius 1 is 0.826 bits per heavy atom. The predicted molar refractivity (Wildman–Crippen MR) is 125 cm³/mol. The summed E-state index contributed by atoms with van der Waals surface area (Å²) in [5, 5.41) is 23.8. The molecule has 0 amide bonds. The maximum absolute atomic E-state index is 12.0. The number of esters is 3. The van der Waals surface area contributed by atoms with Gasteiger partial charge in [-0.05, 0) is 12.8 Å². The SMILES string of the molecule is C.CO.O=C(CF)OC1C2CC3C(=O)OC1C3O2.O=C(O)CF.O=C1OC2C(O)C3CC1C2O3.O=S(=O)([O-])F.O=S(=O)([O-])F.[Na+].[Na+]. The van der Waals surface area contributed by atoms with Gasteiger partial charge in [-0.1, -0.05) is 7.43 Å². The smallest absolute Gasteiger partial charge is 0.722 e. The van der Waals surface area contributed by atoms with Crippen LogP contribution in [0.3, 0.4) is 0 Å². The van der Waals surface area contributed by atoms with Gasteiger partial charge in [-0.15, -0.1) is 7.77 Å². The van der Waals surface area contributed by atoms with Crippen LogP contribution in [0.4, 0.5) is 16.6 Å². The van der Waals surface area contributed by atoms with Gasteiger partial charge in [-0.2, -0.15) is 0 Å². The fourth-order valence-electron chi connectivity index (χ4n) is 4.82. The van der Waals surface area contributed by atoms with Crippen LogP contribution >= 0.6 is 0 Å². The van der Waals surface area contributed by atoms with Gasteiger partial charge in [0.15, 0.2) is 31.7 Å². The number of halogens is 4. The van der Waals surface area contributed by atoms with Crippen molar-refractivity contribution in [2.45, 2.75) is 69.1 Å². The molecule has 10 unspecified atom stereocenters. The van der Waals surface area contributed by atoms with Crippen molar-refractivity contribution in [3.63, 3.8) is 0 Å². The van der Waals surface area contributed by atoms with E-state index in [4.69, 9.17) is 64.6 Å². The average molecular weight is 743 g/mol. The second-order valence-electron chi connectivity index (χ2n) is 8.66. The Balaban J connectivity index is -0.000000531. The summed E-state index contributed by atoms with van der Waals surface area (Å²) in [6.45, 7) is -2.45. The molecule has 6 rings (SSSR count). The van der Waals surface area contributed by atoms with E-state index in [9.17, 15) is 36.0 Å². The van der Waals surface area contributed by atoms with Gasteiger partial charge in [0.25, 0.3) is 21.0 Å². The topological polar surface area (TPSA) is 290 Å². The van der Waals surface area contributed by atoms with Crippen LogP contribution in [-0.4, -0.2) is 134 Å². The first-order chi connectivity index (χ1) is 19.7. The molecule has 6 aliphatic heterocycles. The average Bonchev–Trinajstić information content (AvgIpc) is 3.69. The van der Waals surface area contributed by atoms with Gasteiger partial charge >= 0.3 is 83.0 Å². The molecule has 0 radical (unpaired) electrons. The third kappa shape index (κ3) is 15.2. The number of hydrogen-bond acceptors (Lipinski definition) is 17. The van der Waals surface area contributed by atoms with Crippen LogP contribution in [0.1, 0.15) is 20.3 Å². The fraction of sp³-hybridized carbons (Fsp3) is 0.800. The monoisotopic (exact) mass is 742 g/mol. The Morgan fingerprint density at radius 3 is 1.52 bits per heavy atom. The summed E-state index contributed by atoms with van der Waals surface area (Å²) in [6, 6.07) is 0. The Bertz CT molecular complexity index is 1180. The van der Waals surface area contributed by atoms with Gasteiger partial charge in [0.2, 0.25) is 0 Å². The summed E-state index contributed by atoms with van der Waals surface area (Å²) in [5.74, 6) is -3.15. The Labute approximate surface area is 304 Å². The molecule has 10 atom stereocenters. The number of aliphatic hydroxyl groups is 2. The molecule has 6 fully saturated rings. The number of aliphatic hydroxyl groups excluding tert-OH is 2. The molecule has 6 heterocycles. The van der Waals surface area contributed by atoms with Crippen molar-refractivity contribution >= 4 is 44.9 Å². The first kappa shape index (κ1) is 49.6. The minimum absolute atomic E-state index is 0. The molecule has 6 saturated heterocycles. The van der Waals surface area contributed by atoms with Crippen LogP contribution in [0.25, 0.3) is 0 Å². The molecule has 0 saturated carbocycles. The molecule has 0 aromatic rings. The number of hydrogen-bond donors (Lipinski definition) is 3. The molecule has 0 spiro atoms. The van der Waals surface area contributed by atoms with Crippen molar-refractivity contribution in [1.29, 1.82) is 0 Å². The number of carbonyl (C=O) groups excluding carboxylic acids is 3. The van der Waals surface area contributed by atoms with E-state index in [1.165, 1.54) is 0 Å². The van der Waals surface area contributed by atoms with Gasteiger partial charge < -0.3 is 48.1 Å².